The van der Waals surface area contributed by atoms with Crippen LogP contribution in [0.3, 0.4) is 0 Å². The van der Waals surface area contributed by atoms with Crippen LogP contribution in [0.2, 0.25) is 0 Å². The quantitative estimate of drug-likeness (QED) is 0.862. The summed E-state index contributed by atoms with van der Waals surface area (Å²) in [7, 11) is 0. The van der Waals surface area contributed by atoms with Gasteiger partial charge in [0.1, 0.15) is 5.00 Å². The van der Waals surface area contributed by atoms with E-state index in [0.29, 0.717) is 22.2 Å². The average Bonchev–Trinajstić information content (AvgIpc) is 2.90. The Bertz CT molecular complexity index is 765. The van der Waals surface area contributed by atoms with Gasteiger partial charge in [0.15, 0.2) is 5.78 Å². The normalized spacial score (nSPS) is 14.5. The molecule has 2 heterocycles. The van der Waals surface area contributed by atoms with E-state index in [-0.39, 0.29) is 11.7 Å². The summed E-state index contributed by atoms with van der Waals surface area (Å²) in [4.78, 5) is 28.2. The number of rotatable bonds is 4. The van der Waals surface area contributed by atoms with Gasteiger partial charge in [-0.05, 0) is 25.8 Å². The molecule has 0 saturated heterocycles. The number of benzene rings is 1. The second kappa shape index (κ2) is 6.87. The Morgan fingerprint density at radius 3 is 2.54 bits per heavy atom. The Morgan fingerprint density at radius 1 is 1.21 bits per heavy atom. The molecule has 126 valence electrons. The number of amides is 1. The minimum Gasteiger partial charge on any atom is -0.317 e. The van der Waals surface area contributed by atoms with Crippen LogP contribution in [0.25, 0.3) is 0 Å². The van der Waals surface area contributed by atoms with Crippen LogP contribution in [-0.4, -0.2) is 29.2 Å². The molecular formula is C19H22N2O2S. The summed E-state index contributed by atoms with van der Waals surface area (Å²) in [6.45, 7) is 7.63. The summed E-state index contributed by atoms with van der Waals surface area (Å²) >= 11 is 1.54. The highest BCUT2D eigenvalue weighted by Crippen LogP contribution is 2.38. The number of nitrogens with one attached hydrogen (secondary N) is 1. The number of hydrogen-bond donors (Lipinski definition) is 1. The third-order valence-electron chi connectivity index (χ3n) is 4.37. The van der Waals surface area contributed by atoms with E-state index in [4.69, 9.17) is 0 Å². The molecule has 1 aliphatic rings. The number of thiophene rings is 1. The van der Waals surface area contributed by atoms with Crippen molar-refractivity contribution < 1.29 is 9.59 Å². The van der Waals surface area contributed by atoms with E-state index >= 15 is 0 Å². The largest absolute Gasteiger partial charge is 0.317 e. The van der Waals surface area contributed by atoms with Gasteiger partial charge in [-0.1, -0.05) is 30.3 Å². The molecule has 1 amide bonds. The van der Waals surface area contributed by atoms with Crippen molar-refractivity contribution in [1.82, 2.24) is 4.90 Å². The van der Waals surface area contributed by atoms with E-state index in [1.807, 2.05) is 30.3 Å². The molecule has 0 radical (unpaired) electrons. The van der Waals surface area contributed by atoms with Crippen molar-refractivity contribution >= 4 is 28.0 Å². The van der Waals surface area contributed by atoms with Crippen LogP contribution in [0.15, 0.2) is 30.3 Å². The smallest absolute Gasteiger partial charge is 0.221 e. The predicted molar refractivity (Wildman–Crippen MR) is 97.7 cm³/mol. The zero-order valence-electron chi connectivity index (χ0n) is 14.3. The zero-order chi connectivity index (χ0) is 17.3. The molecular weight excluding hydrogens is 320 g/mol. The van der Waals surface area contributed by atoms with Gasteiger partial charge in [0.2, 0.25) is 5.91 Å². The predicted octanol–water partition coefficient (Wildman–Crippen LogP) is 3.70. The van der Waals surface area contributed by atoms with E-state index in [1.54, 1.807) is 0 Å². The zero-order valence-corrected chi connectivity index (χ0v) is 15.1. The van der Waals surface area contributed by atoms with Gasteiger partial charge < -0.3 is 5.32 Å². The molecule has 0 bridgehead atoms. The van der Waals surface area contributed by atoms with Gasteiger partial charge in [-0.25, -0.2) is 0 Å². The molecule has 1 aromatic carbocycles. The Morgan fingerprint density at radius 2 is 1.92 bits per heavy atom. The van der Waals surface area contributed by atoms with Gasteiger partial charge in [-0.15, -0.1) is 11.3 Å². The molecule has 24 heavy (non-hydrogen) atoms. The molecule has 5 heteroatoms. The third kappa shape index (κ3) is 3.28. The van der Waals surface area contributed by atoms with Crippen LogP contribution in [-0.2, 0) is 17.8 Å². The van der Waals surface area contributed by atoms with Crippen molar-refractivity contribution in [3.05, 3.63) is 51.9 Å². The first-order valence-corrected chi connectivity index (χ1v) is 9.05. The van der Waals surface area contributed by atoms with Gasteiger partial charge in [-0.2, -0.15) is 0 Å². The number of ketones is 1. The number of fused-ring (bicyclic) bond motifs is 1. The van der Waals surface area contributed by atoms with Crippen molar-refractivity contribution in [1.29, 1.82) is 0 Å². The van der Waals surface area contributed by atoms with E-state index in [0.717, 1.165) is 25.1 Å². The lowest BCUT2D eigenvalue weighted by Crippen LogP contribution is -2.35. The molecule has 4 nitrogen and oxygen atoms in total. The molecule has 3 rings (SSSR count). The molecule has 1 aromatic heterocycles. The van der Waals surface area contributed by atoms with Crippen molar-refractivity contribution in [2.45, 2.75) is 39.8 Å². The van der Waals surface area contributed by atoms with Crippen LogP contribution in [0.5, 0.6) is 0 Å². The standard InChI is InChI=1S/C19H22N2O2S/c1-12(2)21-10-9-15-16(11-21)24-19(20-13(3)22)17(15)18(23)14-7-5-4-6-8-14/h4-8,12H,9-11H2,1-3H3,(H,20,22). The Labute approximate surface area is 146 Å². The molecule has 0 aliphatic carbocycles. The minimum atomic E-state index is -0.142. The van der Waals surface area contributed by atoms with Gasteiger partial charge in [0.05, 0.1) is 5.56 Å². The fraction of sp³-hybridized carbons (Fsp3) is 0.368. The van der Waals surface area contributed by atoms with Gasteiger partial charge >= 0.3 is 0 Å². The van der Waals surface area contributed by atoms with Gasteiger partial charge in [-0.3, -0.25) is 14.5 Å². The Kier molecular flexibility index (Phi) is 4.83. The first-order valence-electron chi connectivity index (χ1n) is 8.23. The third-order valence-corrected chi connectivity index (χ3v) is 5.50. The number of carbonyl (C=O) groups excluding carboxylic acids is 2. The van der Waals surface area contributed by atoms with Crippen molar-refractivity contribution in [2.75, 3.05) is 11.9 Å². The highest BCUT2D eigenvalue weighted by atomic mass is 32.1. The van der Waals surface area contributed by atoms with Crippen LogP contribution in [0, 0.1) is 0 Å². The maximum absolute atomic E-state index is 13.0. The molecule has 0 fully saturated rings. The number of hydrogen-bond acceptors (Lipinski definition) is 4. The summed E-state index contributed by atoms with van der Waals surface area (Å²) in [6, 6.07) is 9.75. The van der Waals surface area contributed by atoms with Gasteiger partial charge in [0, 0.05) is 36.5 Å². The van der Waals surface area contributed by atoms with Crippen molar-refractivity contribution in [2.24, 2.45) is 0 Å². The van der Waals surface area contributed by atoms with Gasteiger partial charge in [0.25, 0.3) is 0 Å². The summed E-state index contributed by atoms with van der Waals surface area (Å²) in [5, 5.41) is 3.55. The summed E-state index contributed by atoms with van der Waals surface area (Å²) in [5.74, 6) is -0.147. The Hall–Kier alpha value is -1.98. The molecule has 0 unspecified atom stereocenters. The first-order chi connectivity index (χ1) is 11.5. The minimum absolute atomic E-state index is 0.00477. The highest BCUT2D eigenvalue weighted by molar-refractivity contribution is 7.17. The molecule has 0 atom stereocenters. The topological polar surface area (TPSA) is 49.4 Å². The Balaban J connectivity index is 2.04. The number of nitrogens with zero attached hydrogens (tertiary/aromatic N) is 1. The maximum Gasteiger partial charge on any atom is 0.221 e. The molecule has 1 N–H and O–H groups in total. The lowest BCUT2D eigenvalue weighted by molar-refractivity contribution is -0.114. The van der Waals surface area contributed by atoms with Crippen LogP contribution in [0.1, 0.15) is 47.1 Å². The SMILES string of the molecule is CC(=O)Nc1sc2c(c1C(=O)c1ccccc1)CCN(C(C)C)C2. The van der Waals surface area contributed by atoms with Crippen LogP contribution >= 0.6 is 11.3 Å². The van der Waals surface area contributed by atoms with E-state index in [9.17, 15) is 9.59 Å². The van der Waals surface area contributed by atoms with E-state index < -0.39 is 0 Å². The number of anilines is 1. The molecule has 0 saturated carbocycles. The summed E-state index contributed by atoms with van der Waals surface area (Å²) < 4.78 is 0. The van der Waals surface area contributed by atoms with E-state index in [2.05, 4.69) is 24.1 Å². The van der Waals surface area contributed by atoms with Crippen LogP contribution < -0.4 is 5.32 Å². The van der Waals surface area contributed by atoms with Crippen molar-refractivity contribution in [3.8, 4) is 0 Å². The summed E-state index contributed by atoms with van der Waals surface area (Å²) in [6.07, 6.45) is 0.845. The summed E-state index contributed by atoms with van der Waals surface area (Å²) in [5.41, 5.74) is 2.45. The fourth-order valence-corrected chi connectivity index (χ4v) is 4.40. The fourth-order valence-electron chi connectivity index (χ4n) is 3.09. The maximum atomic E-state index is 13.0. The monoisotopic (exact) mass is 342 g/mol. The average molecular weight is 342 g/mol. The van der Waals surface area contributed by atoms with Crippen molar-refractivity contribution in [3.63, 3.8) is 0 Å². The molecule has 0 spiro atoms. The highest BCUT2D eigenvalue weighted by Gasteiger charge is 2.29. The molecule has 1 aliphatic heterocycles. The van der Waals surface area contributed by atoms with E-state index in [1.165, 1.54) is 23.1 Å². The number of carbonyl (C=O) groups is 2. The first kappa shape index (κ1) is 16.9. The van der Waals surface area contributed by atoms with Crippen LogP contribution in [0.4, 0.5) is 5.00 Å². The second-order valence-electron chi connectivity index (χ2n) is 6.40. The lowest BCUT2D eigenvalue weighted by atomic mass is 9.96. The molecule has 2 aromatic rings. The lowest BCUT2D eigenvalue weighted by Gasteiger charge is -2.30. The second-order valence-corrected chi connectivity index (χ2v) is 7.50.